The minimum absolute atomic E-state index is 0.244. The lowest BCUT2D eigenvalue weighted by Gasteiger charge is -2.28. The molecule has 0 aliphatic carbocycles. The Kier molecular flexibility index (Phi) is 4.47. The molecule has 0 radical (unpaired) electrons. The molecule has 0 spiro atoms. The molecule has 1 saturated heterocycles. The number of rotatable bonds is 4. The van der Waals surface area contributed by atoms with Crippen LogP contribution >= 0.6 is 0 Å². The summed E-state index contributed by atoms with van der Waals surface area (Å²) in [5.41, 5.74) is 0.678. The topological polar surface area (TPSA) is 47.4 Å². The Hall–Kier alpha value is -1.49. The largest absolute Gasteiger partial charge is 0.381 e. The van der Waals surface area contributed by atoms with E-state index in [1.54, 1.807) is 31.5 Å². The lowest BCUT2D eigenvalue weighted by Crippen LogP contribution is -2.27. The fourth-order valence-corrected chi connectivity index (χ4v) is 2.47. The van der Waals surface area contributed by atoms with E-state index in [-0.39, 0.29) is 6.04 Å². The molecule has 2 rings (SSSR count). The van der Waals surface area contributed by atoms with Crippen LogP contribution in [0.3, 0.4) is 0 Å². The van der Waals surface area contributed by atoms with Crippen LogP contribution in [-0.4, -0.2) is 47.7 Å². The lowest BCUT2D eigenvalue weighted by molar-refractivity contribution is 0.0679. The van der Waals surface area contributed by atoms with Crippen LogP contribution in [0.25, 0.3) is 0 Å². The van der Waals surface area contributed by atoms with E-state index >= 15 is 0 Å². The zero-order chi connectivity index (χ0) is 13.8. The molecule has 1 atom stereocenters. The Bertz CT molecular complexity index is 474. The van der Waals surface area contributed by atoms with Crippen LogP contribution in [0.1, 0.15) is 30.6 Å². The van der Waals surface area contributed by atoms with E-state index in [1.165, 1.54) is 5.94 Å². The summed E-state index contributed by atoms with van der Waals surface area (Å²) in [5, 5.41) is 0. The molecule has 104 valence electrons. The molecule has 1 unspecified atom stereocenters. The van der Waals surface area contributed by atoms with Gasteiger partial charge in [0.25, 0.3) is 0 Å². The van der Waals surface area contributed by atoms with Gasteiger partial charge >= 0.3 is 0 Å². The van der Waals surface area contributed by atoms with Crippen molar-refractivity contribution in [3.63, 3.8) is 0 Å². The second-order valence-corrected chi connectivity index (χ2v) is 4.89. The SMILES string of the molecule is CN(C)C(C(F)=C=O)c1cncn1C1CCOCC1. The van der Waals surface area contributed by atoms with E-state index in [0.29, 0.717) is 18.9 Å². The molecule has 1 aromatic rings. The van der Waals surface area contributed by atoms with E-state index in [1.807, 2.05) is 4.57 Å². The summed E-state index contributed by atoms with van der Waals surface area (Å²) in [6.45, 7) is 1.39. The standard InChI is InChI=1S/C13H18FN3O2/c1-16(2)13(11(14)8-18)12-7-15-9-17(12)10-3-5-19-6-4-10/h7,9-10,13H,3-6H2,1-2H3. The summed E-state index contributed by atoms with van der Waals surface area (Å²) in [6.07, 6.45) is 5.04. The fourth-order valence-electron chi connectivity index (χ4n) is 2.47. The molecule has 0 saturated carbocycles. The van der Waals surface area contributed by atoms with E-state index in [2.05, 4.69) is 4.98 Å². The molecule has 5 nitrogen and oxygen atoms in total. The number of carbonyl (C=O) groups excluding carboxylic acids is 1. The minimum atomic E-state index is -0.821. The van der Waals surface area contributed by atoms with E-state index in [4.69, 9.17) is 4.74 Å². The molecule has 0 bridgehead atoms. The highest BCUT2D eigenvalue weighted by molar-refractivity contribution is 5.52. The minimum Gasteiger partial charge on any atom is -0.381 e. The average molecular weight is 267 g/mol. The fraction of sp³-hybridized carbons (Fsp3) is 0.615. The van der Waals surface area contributed by atoms with E-state index in [9.17, 15) is 9.18 Å². The van der Waals surface area contributed by atoms with Crippen molar-refractivity contribution in [2.75, 3.05) is 27.3 Å². The Morgan fingerprint density at radius 3 is 2.84 bits per heavy atom. The predicted molar refractivity (Wildman–Crippen MR) is 68.1 cm³/mol. The summed E-state index contributed by atoms with van der Waals surface area (Å²) >= 11 is 0. The highest BCUT2D eigenvalue weighted by Gasteiger charge is 2.27. The number of imidazole rings is 1. The normalized spacial score (nSPS) is 18.3. The number of likely N-dealkylation sites (N-methyl/N-ethyl adjacent to an activating group) is 1. The number of halogens is 1. The third-order valence-corrected chi connectivity index (χ3v) is 3.41. The van der Waals surface area contributed by atoms with Crippen molar-refractivity contribution >= 4 is 5.94 Å². The average Bonchev–Trinajstić information content (AvgIpc) is 2.88. The van der Waals surface area contributed by atoms with E-state index < -0.39 is 11.9 Å². The van der Waals surface area contributed by atoms with Gasteiger partial charge in [0.05, 0.1) is 18.2 Å². The quantitative estimate of drug-likeness (QED) is 0.776. The Morgan fingerprint density at radius 1 is 1.58 bits per heavy atom. The lowest BCUT2D eigenvalue weighted by atomic mass is 10.1. The van der Waals surface area contributed by atoms with Crippen LogP contribution in [0.4, 0.5) is 4.39 Å². The maximum absolute atomic E-state index is 13.7. The number of hydrogen-bond acceptors (Lipinski definition) is 4. The zero-order valence-corrected chi connectivity index (χ0v) is 11.2. The second-order valence-electron chi connectivity index (χ2n) is 4.89. The molecule has 0 aromatic carbocycles. The van der Waals surface area contributed by atoms with Gasteiger partial charge in [-0.25, -0.2) is 9.78 Å². The summed E-state index contributed by atoms with van der Waals surface area (Å²) in [5.74, 6) is 0.537. The maximum Gasteiger partial charge on any atom is 0.206 e. The molecule has 1 aliphatic heterocycles. The van der Waals surface area contributed by atoms with Crippen molar-refractivity contribution in [2.45, 2.75) is 24.9 Å². The van der Waals surface area contributed by atoms with Gasteiger partial charge in [-0.3, -0.25) is 4.90 Å². The molecule has 6 heteroatoms. The third-order valence-electron chi connectivity index (χ3n) is 3.41. The summed E-state index contributed by atoms with van der Waals surface area (Å²) in [4.78, 5) is 16.4. The first kappa shape index (κ1) is 13.9. The molecule has 1 aromatic heterocycles. The van der Waals surface area contributed by atoms with Crippen LogP contribution < -0.4 is 0 Å². The van der Waals surface area contributed by atoms with Gasteiger partial charge in [0.15, 0.2) is 5.94 Å². The number of hydrogen-bond donors (Lipinski definition) is 0. The molecule has 1 aliphatic rings. The van der Waals surface area contributed by atoms with Crippen molar-refractivity contribution < 1.29 is 13.9 Å². The number of ether oxygens (including phenoxy) is 1. The zero-order valence-electron chi connectivity index (χ0n) is 11.2. The first-order valence-corrected chi connectivity index (χ1v) is 6.31. The maximum atomic E-state index is 13.7. The van der Waals surface area contributed by atoms with Gasteiger partial charge in [0.2, 0.25) is 5.83 Å². The van der Waals surface area contributed by atoms with Crippen molar-refractivity contribution in [3.05, 3.63) is 24.0 Å². The molecule has 0 amide bonds. The van der Waals surface area contributed by atoms with Gasteiger partial charge < -0.3 is 9.30 Å². The van der Waals surface area contributed by atoms with Gasteiger partial charge in [-0.05, 0) is 26.9 Å². The third kappa shape index (κ3) is 2.92. The van der Waals surface area contributed by atoms with Gasteiger partial charge in [0, 0.05) is 19.3 Å². The van der Waals surface area contributed by atoms with Crippen molar-refractivity contribution in [1.29, 1.82) is 0 Å². The highest BCUT2D eigenvalue weighted by atomic mass is 19.1. The molecular formula is C13H18FN3O2. The van der Waals surface area contributed by atoms with Crippen molar-refractivity contribution in [3.8, 4) is 0 Å². The van der Waals surface area contributed by atoms with Crippen LogP contribution in [0.5, 0.6) is 0 Å². The van der Waals surface area contributed by atoms with Crippen LogP contribution in [0, 0.1) is 0 Å². The van der Waals surface area contributed by atoms with E-state index in [0.717, 1.165) is 12.8 Å². The molecular weight excluding hydrogens is 249 g/mol. The van der Waals surface area contributed by atoms with Gasteiger partial charge in [-0.1, -0.05) is 0 Å². The first-order chi connectivity index (χ1) is 9.15. The first-order valence-electron chi connectivity index (χ1n) is 6.31. The summed E-state index contributed by atoms with van der Waals surface area (Å²) < 4.78 is 21.0. The molecule has 1 fully saturated rings. The van der Waals surface area contributed by atoms with Crippen molar-refractivity contribution in [2.24, 2.45) is 0 Å². The Labute approximate surface area is 111 Å². The predicted octanol–water partition coefficient (Wildman–Crippen LogP) is 1.52. The van der Waals surface area contributed by atoms with Crippen LogP contribution in [0.2, 0.25) is 0 Å². The monoisotopic (exact) mass is 267 g/mol. The number of nitrogens with zero attached hydrogens (tertiary/aromatic N) is 3. The van der Waals surface area contributed by atoms with Crippen LogP contribution in [0.15, 0.2) is 18.4 Å². The number of aromatic nitrogens is 2. The van der Waals surface area contributed by atoms with Gasteiger partial charge in [-0.15, -0.1) is 0 Å². The molecule has 0 N–H and O–H groups in total. The smallest absolute Gasteiger partial charge is 0.206 e. The Morgan fingerprint density at radius 2 is 2.26 bits per heavy atom. The molecule has 2 heterocycles. The Balaban J connectivity index is 2.33. The van der Waals surface area contributed by atoms with Crippen molar-refractivity contribution in [1.82, 2.24) is 14.5 Å². The van der Waals surface area contributed by atoms with Gasteiger partial charge in [0.1, 0.15) is 6.04 Å². The summed E-state index contributed by atoms with van der Waals surface area (Å²) in [6, 6.07) is -0.490. The van der Waals surface area contributed by atoms with Crippen LogP contribution in [-0.2, 0) is 9.53 Å². The molecule has 19 heavy (non-hydrogen) atoms. The summed E-state index contributed by atoms with van der Waals surface area (Å²) in [7, 11) is 3.45. The second kappa shape index (κ2) is 6.10. The van der Waals surface area contributed by atoms with Gasteiger partial charge in [-0.2, -0.15) is 4.39 Å². The highest BCUT2D eigenvalue weighted by Crippen LogP contribution is 2.30.